The van der Waals surface area contributed by atoms with Gasteiger partial charge in [0.15, 0.2) is 24.5 Å². The monoisotopic (exact) mass is 800 g/mol. The highest BCUT2D eigenvalue weighted by Crippen LogP contribution is 2.42. The third kappa shape index (κ3) is 11.2. The standard InChI is InChI=1S/C42H73NO13/c1-16-31-25(5)34(46)26(6)33(45)22(2)20-42(11,50-15)38(56-40-36(51-18-17-23(3)44)30(43(12)13)19-24(4)52-40)27(7)35(28(8)39(48)54-31)55-32-21-41(10,49-14)37(47)29(9)53-32/h17-18,22,24-32,34-38,40,46-47H,16,19-21H2,1-15H3/b18-17+/t22-,24-,25+,26+,27+,28-,29+,30+,31-,32+,34+,35+,36-,37+,38-,40+,41-,42+/m1/s1. The number of allylic oxidation sites excluding steroid dienone is 1. The summed E-state index contributed by atoms with van der Waals surface area (Å²) in [6.07, 6.45) is -4.01. The number of carbonyl (C=O) groups excluding carboxylic acids is 3. The van der Waals surface area contributed by atoms with Crippen molar-refractivity contribution in [3.8, 4) is 0 Å². The van der Waals surface area contributed by atoms with Crippen molar-refractivity contribution in [3.63, 3.8) is 0 Å². The average Bonchev–Trinajstić information content (AvgIpc) is 3.14. The van der Waals surface area contributed by atoms with Gasteiger partial charge < -0.3 is 53.0 Å². The molecule has 3 aliphatic rings. The Morgan fingerprint density at radius 1 is 0.893 bits per heavy atom. The molecule has 56 heavy (non-hydrogen) atoms. The smallest absolute Gasteiger partial charge is 0.311 e. The van der Waals surface area contributed by atoms with E-state index < -0.39 is 102 Å². The van der Waals surface area contributed by atoms with E-state index >= 15 is 0 Å². The predicted molar refractivity (Wildman–Crippen MR) is 208 cm³/mol. The van der Waals surface area contributed by atoms with Gasteiger partial charge in [-0.2, -0.15) is 0 Å². The number of hydrogen-bond acceptors (Lipinski definition) is 14. The van der Waals surface area contributed by atoms with Crippen LogP contribution in [0.1, 0.15) is 102 Å². The van der Waals surface area contributed by atoms with Crippen LogP contribution in [0.2, 0.25) is 0 Å². The van der Waals surface area contributed by atoms with E-state index in [2.05, 4.69) is 0 Å². The minimum atomic E-state index is -1.21. The van der Waals surface area contributed by atoms with Gasteiger partial charge in [-0.1, -0.05) is 34.6 Å². The molecule has 2 N–H and O–H groups in total. The predicted octanol–water partition coefficient (Wildman–Crippen LogP) is 4.45. The number of esters is 1. The minimum absolute atomic E-state index is 0.156. The number of nitrogens with zero attached hydrogens (tertiary/aromatic N) is 1. The fourth-order valence-electron chi connectivity index (χ4n) is 8.89. The lowest BCUT2D eigenvalue weighted by atomic mass is 9.74. The van der Waals surface area contributed by atoms with E-state index in [1.807, 2.05) is 53.6 Å². The molecule has 18 atom stereocenters. The van der Waals surface area contributed by atoms with E-state index in [1.54, 1.807) is 41.7 Å². The number of ether oxygens (including phenoxy) is 8. The number of methoxy groups -OCH3 is 2. The van der Waals surface area contributed by atoms with Crippen LogP contribution in [0.4, 0.5) is 0 Å². The second-order valence-corrected chi connectivity index (χ2v) is 17.4. The Morgan fingerprint density at radius 3 is 2.07 bits per heavy atom. The van der Waals surface area contributed by atoms with E-state index in [1.165, 1.54) is 26.4 Å². The fourth-order valence-corrected chi connectivity index (χ4v) is 8.89. The number of carbonyl (C=O) groups is 3. The molecule has 0 spiro atoms. The molecule has 14 heteroatoms. The van der Waals surface area contributed by atoms with Gasteiger partial charge in [0.25, 0.3) is 0 Å². The number of cyclic esters (lactones) is 1. The summed E-state index contributed by atoms with van der Waals surface area (Å²) >= 11 is 0. The van der Waals surface area contributed by atoms with Gasteiger partial charge in [0.05, 0.1) is 59.9 Å². The summed E-state index contributed by atoms with van der Waals surface area (Å²) < 4.78 is 51.2. The number of aliphatic hydroxyl groups is 2. The summed E-state index contributed by atoms with van der Waals surface area (Å²) in [5.74, 6) is -4.36. The molecule has 0 bridgehead atoms. The first-order chi connectivity index (χ1) is 26.0. The third-order valence-electron chi connectivity index (χ3n) is 12.7. The Bertz CT molecular complexity index is 1330. The summed E-state index contributed by atoms with van der Waals surface area (Å²) in [5.41, 5.74) is -2.22. The largest absolute Gasteiger partial charge is 0.491 e. The van der Waals surface area contributed by atoms with Crippen LogP contribution in [0.5, 0.6) is 0 Å². The SMILES string of the molecule is CC[C@H]1OC(=O)[C@H](C)[C@@H](O[C@H]2C[C@@](C)(OC)[C@@H](O)[C@H](C)O2)[C@H](C)[C@@H](O[C@@H]2O[C@H](C)C[C@H](N(C)C)[C@H]2O/C=C/C(C)=O)[C@@](C)(OC)C[C@@H](C)C(=O)[C@H](C)[C@@H](O)[C@H]1C. The van der Waals surface area contributed by atoms with Gasteiger partial charge in [-0.3, -0.25) is 14.4 Å². The normalized spacial score (nSPS) is 45.0. The first-order valence-corrected chi connectivity index (χ1v) is 20.4. The van der Waals surface area contributed by atoms with E-state index in [9.17, 15) is 24.6 Å². The maximum absolute atomic E-state index is 14.3. The average molecular weight is 800 g/mol. The van der Waals surface area contributed by atoms with E-state index in [0.29, 0.717) is 12.8 Å². The van der Waals surface area contributed by atoms with Gasteiger partial charge in [0, 0.05) is 50.4 Å². The molecule has 0 amide bonds. The Balaban J connectivity index is 2.25. The van der Waals surface area contributed by atoms with Crippen LogP contribution < -0.4 is 0 Å². The molecule has 14 nitrogen and oxygen atoms in total. The van der Waals surface area contributed by atoms with Crippen molar-refractivity contribution in [2.24, 2.45) is 29.6 Å². The second-order valence-electron chi connectivity index (χ2n) is 17.4. The molecule has 0 radical (unpaired) electrons. The van der Waals surface area contributed by atoms with E-state index in [-0.39, 0.29) is 36.6 Å². The highest BCUT2D eigenvalue weighted by Gasteiger charge is 2.53. The van der Waals surface area contributed by atoms with Crippen molar-refractivity contribution in [2.75, 3.05) is 28.3 Å². The summed E-state index contributed by atoms with van der Waals surface area (Å²) in [6.45, 7) is 19.6. The van der Waals surface area contributed by atoms with Crippen molar-refractivity contribution in [1.29, 1.82) is 0 Å². The number of hydrogen-bond donors (Lipinski definition) is 2. The van der Waals surface area contributed by atoms with Crippen molar-refractivity contribution < 1.29 is 62.5 Å². The number of Topliss-reactive ketones (excluding diaryl/α,β-unsaturated/α-hetero) is 1. The second kappa shape index (κ2) is 20.3. The zero-order valence-electron chi connectivity index (χ0n) is 36.6. The Labute approximate surface area is 335 Å². The van der Waals surface area contributed by atoms with Crippen LogP contribution >= 0.6 is 0 Å². The maximum atomic E-state index is 14.3. The highest BCUT2D eigenvalue weighted by molar-refractivity contribution is 5.86. The van der Waals surface area contributed by atoms with Gasteiger partial charge in [-0.05, 0) is 74.9 Å². The van der Waals surface area contributed by atoms with Crippen LogP contribution in [-0.2, 0) is 52.3 Å². The zero-order chi connectivity index (χ0) is 42.4. The minimum Gasteiger partial charge on any atom is -0.491 e. The summed E-state index contributed by atoms with van der Waals surface area (Å²) in [4.78, 5) is 42.3. The third-order valence-corrected chi connectivity index (χ3v) is 12.7. The highest BCUT2D eigenvalue weighted by atomic mass is 16.7. The molecule has 0 aliphatic carbocycles. The number of rotatable bonds is 11. The molecular formula is C42H73NO13. The lowest BCUT2D eigenvalue weighted by Crippen LogP contribution is -2.61. The molecule has 0 aromatic carbocycles. The van der Waals surface area contributed by atoms with Crippen LogP contribution in [0.15, 0.2) is 12.3 Å². The molecule has 0 aromatic rings. The molecule has 0 unspecified atom stereocenters. The maximum Gasteiger partial charge on any atom is 0.311 e. The number of likely N-dealkylation sites (N-methyl/N-ethyl adjacent to an activating group) is 1. The van der Waals surface area contributed by atoms with Gasteiger partial charge in [0.2, 0.25) is 0 Å². The number of aliphatic hydroxyl groups excluding tert-OH is 2. The Kier molecular flexibility index (Phi) is 17.5. The molecule has 324 valence electrons. The summed E-state index contributed by atoms with van der Waals surface area (Å²) in [7, 11) is 6.95. The fraction of sp³-hybridized carbons (Fsp3) is 0.881. The first kappa shape index (κ1) is 48.4. The topological polar surface area (TPSA) is 169 Å². The van der Waals surface area contributed by atoms with Crippen LogP contribution in [0.25, 0.3) is 0 Å². The molecule has 3 rings (SSSR count). The van der Waals surface area contributed by atoms with Crippen molar-refractivity contribution in [2.45, 2.75) is 181 Å². The van der Waals surface area contributed by atoms with E-state index in [4.69, 9.17) is 37.9 Å². The van der Waals surface area contributed by atoms with Crippen LogP contribution in [0.3, 0.4) is 0 Å². The lowest BCUT2D eigenvalue weighted by molar-refractivity contribution is -0.319. The van der Waals surface area contributed by atoms with Crippen molar-refractivity contribution in [1.82, 2.24) is 4.90 Å². The van der Waals surface area contributed by atoms with Crippen LogP contribution in [0, 0.1) is 29.6 Å². The molecule has 3 saturated heterocycles. The van der Waals surface area contributed by atoms with Gasteiger partial charge in [0.1, 0.15) is 18.0 Å². The van der Waals surface area contributed by atoms with Gasteiger partial charge in [-0.15, -0.1) is 0 Å². The summed E-state index contributed by atoms with van der Waals surface area (Å²) in [6, 6.07) is -0.185. The quantitative estimate of drug-likeness (QED) is 0.171. The van der Waals surface area contributed by atoms with Gasteiger partial charge in [-0.25, -0.2) is 0 Å². The molecule has 3 heterocycles. The molecule has 3 aliphatic heterocycles. The van der Waals surface area contributed by atoms with E-state index in [0.717, 1.165) is 0 Å². The zero-order valence-corrected chi connectivity index (χ0v) is 36.6. The lowest BCUT2D eigenvalue weighted by Gasteiger charge is -2.50. The van der Waals surface area contributed by atoms with Crippen molar-refractivity contribution >= 4 is 17.5 Å². The molecule has 0 saturated carbocycles. The Morgan fingerprint density at radius 2 is 1.52 bits per heavy atom. The molecule has 0 aromatic heterocycles. The van der Waals surface area contributed by atoms with Gasteiger partial charge >= 0.3 is 5.97 Å². The van der Waals surface area contributed by atoms with Crippen LogP contribution in [-0.4, -0.2) is 140 Å². The molecule has 3 fully saturated rings. The summed E-state index contributed by atoms with van der Waals surface area (Å²) in [5, 5.41) is 22.5. The number of ketones is 2. The molecular weight excluding hydrogens is 726 g/mol. The van der Waals surface area contributed by atoms with Crippen molar-refractivity contribution in [3.05, 3.63) is 12.3 Å². The Hall–Kier alpha value is -2.01. The first-order valence-electron chi connectivity index (χ1n) is 20.4.